The van der Waals surface area contributed by atoms with Crippen molar-refractivity contribution in [3.63, 3.8) is 0 Å². The molecule has 0 fully saturated rings. The Morgan fingerprint density at radius 3 is 2.62 bits per heavy atom. The van der Waals surface area contributed by atoms with Crippen LogP contribution in [0.4, 0.5) is 10.3 Å². The molecule has 0 saturated carbocycles. The molecule has 1 heterocycles. The molecule has 0 aliphatic rings. The Bertz CT molecular complexity index is 961. The van der Waals surface area contributed by atoms with E-state index >= 15 is 0 Å². The Morgan fingerprint density at radius 1 is 1.17 bits per heavy atom. The standard InChI is InChI=1S/C15H12ClFN4O2S/c16-13-8-12(17)6-7-14(13)24(22,23)20-15-19-18-10-21(15)9-11-4-2-1-3-5-11/h1-8,10H,9H2,(H,19,20). The fraction of sp³-hybridized carbons (Fsp3) is 0.0667. The number of nitrogens with zero attached hydrogens (tertiary/aromatic N) is 3. The number of sulfonamides is 1. The van der Waals surface area contributed by atoms with Crippen LogP contribution in [0.5, 0.6) is 0 Å². The molecule has 1 N–H and O–H groups in total. The molecule has 3 rings (SSSR count). The van der Waals surface area contributed by atoms with Crippen molar-refractivity contribution in [2.75, 3.05) is 4.72 Å². The molecule has 0 atom stereocenters. The zero-order valence-corrected chi connectivity index (χ0v) is 13.8. The van der Waals surface area contributed by atoms with E-state index in [1.54, 1.807) is 4.57 Å². The van der Waals surface area contributed by atoms with Crippen LogP contribution in [0.1, 0.15) is 5.56 Å². The van der Waals surface area contributed by atoms with Crippen molar-refractivity contribution in [1.29, 1.82) is 0 Å². The summed E-state index contributed by atoms with van der Waals surface area (Å²) in [6.45, 7) is 0.392. The van der Waals surface area contributed by atoms with E-state index in [0.717, 1.165) is 23.8 Å². The Kier molecular flexibility index (Phi) is 4.50. The molecule has 3 aromatic rings. The summed E-state index contributed by atoms with van der Waals surface area (Å²) in [6, 6.07) is 12.5. The van der Waals surface area contributed by atoms with Crippen LogP contribution in [0.25, 0.3) is 0 Å². The topological polar surface area (TPSA) is 76.9 Å². The number of hydrogen-bond acceptors (Lipinski definition) is 4. The molecule has 24 heavy (non-hydrogen) atoms. The second-order valence-electron chi connectivity index (χ2n) is 4.95. The van der Waals surface area contributed by atoms with Gasteiger partial charge in [-0.2, -0.15) is 0 Å². The Labute approximate surface area is 143 Å². The number of aromatic nitrogens is 3. The van der Waals surface area contributed by atoms with E-state index in [4.69, 9.17) is 11.6 Å². The molecular weight excluding hydrogens is 355 g/mol. The first-order valence-corrected chi connectivity index (χ1v) is 8.71. The lowest BCUT2D eigenvalue weighted by Crippen LogP contribution is -2.17. The summed E-state index contributed by atoms with van der Waals surface area (Å²) in [5.74, 6) is -0.578. The van der Waals surface area contributed by atoms with Gasteiger partial charge in [0.1, 0.15) is 17.0 Å². The average molecular weight is 367 g/mol. The van der Waals surface area contributed by atoms with E-state index in [2.05, 4.69) is 14.9 Å². The largest absolute Gasteiger partial charge is 0.295 e. The first-order valence-electron chi connectivity index (χ1n) is 6.85. The second-order valence-corrected chi connectivity index (χ2v) is 7.01. The Balaban J connectivity index is 1.87. The molecule has 9 heteroatoms. The van der Waals surface area contributed by atoms with Crippen molar-refractivity contribution in [3.8, 4) is 0 Å². The molecule has 0 unspecified atom stereocenters. The van der Waals surface area contributed by atoms with E-state index in [1.807, 2.05) is 30.3 Å². The van der Waals surface area contributed by atoms with Crippen LogP contribution in [0, 0.1) is 5.82 Å². The minimum Gasteiger partial charge on any atom is -0.295 e. The molecule has 0 amide bonds. The summed E-state index contributed by atoms with van der Waals surface area (Å²) in [6.07, 6.45) is 1.41. The van der Waals surface area contributed by atoms with E-state index in [0.29, 0.717) is 6.54 Å². The Hall–Kier alpha value is -2.45. The molecule has 1 aromatic heterocycles. The van der Waals surface area contributed by atoms with Gasteiger partial charge in [-0.1, -0.05) is 41.9 Å². The Morgan fingerprint density at radius 2 is 1.92 bits per heavy atom. The maximum Gasteiger partial charge on any atom is 0.265 e. The fourth-order valence-electron chi connectivity index (χ4n) is 2.10. The van der Waals surface area contributed by atoms with Crippen molar-refractivity contribution in [2.45, 2.75) is 11.4 Å². The molecule has 0 radical (unpaired) electrons. The lowest BCUT2D eigenvalue weighted by atomic mass is 10.2. The van der Waals surface area contributed by atoms with Crippen LogP contribution in [-0.4, -0.2) is 23.2 Å². The van der Waals surface area contributed by atoms with Gasteiger partial charge in [0.05, 0.1) is 11.6 Å². The first kappa shape index (κ1) is 16.4. The summed E-state index contributed by atoms with van der Waals surface area (Å²) in [4.78, 5) is -0.236. The molecular formula is C15H12ClFN4O2S. The van der Waals surface area contributed by atoms with Gasteiger partial charge < -0.3 is 0 Å². The zero-order chi connectivity index (χ0) is 17.2. The third kappa shape index (κ3) is 3.55. The summed E-state index contributed by atoms with van der Waals surface area (Å²) in [7, 11) is -4.02. The predicted molar refractivity (Wildman–Crippen MR) is 87.8 cm³/mol. The summed E-state index contributed by atoms with van der Waals surface area (Å²) in [5, 5.41) is 7.29. The number of benzene rings is 2. The van der Waals surface area contributed by atoms with Gasteiger partial charge in [0.15, 0.2) is 0 Å². The minimum absolute atomic E-state index is 0.0410. The highest BCUT2D eigenvalue weighted by Gasteiger charge is 2.21. The van der Waals surface area contributed by atoms with Crippen molar-refractivity contribution >= 4 is 27.6 Å². The van der Waals surface area contributed by atoms with Crippen LogP contribution in [-0.2, 0) is 16.6 Å². The summed E-state index contributed by atoms with van der Waals surface area (Å²) >= 11 is 5.82. The van der Waals surface area contributed by atoms with Gasteiger partial charge >= 0.3 is 0 Å². The number of rotatable bonds is 5. The monoisotopic (exact) mass is 366 g/mol. The molecule has 0 aliphatic heterocycles. The lowest BCUT2D eigenvalue weighted by Gasteiger charge is -2.10. The van der Waals surface area contributed by atoms with Gasteiger partial charge in [-0.3, -0.25) is 4.57 Å². The molecule has 0 saturated heterocycles. The zero-order valence-electron chi connectivity index (χ0n) is 12.2. The maximum absolute atomic E-state index is 13.1. The van der Waals surface area contributed by atoms with Crippen LogP contribution in [0.15, 0.2) is 59.8 Å². The van der Waals surface area contributed by atoms with Crippen molar-refractivity contribution in [3.05, 3.63) is 71.3 Å². The maximum atomic E-state index is 13.1. The molecule has 0 bridgehead atoms. The quantitative estimate of drug-likeness (QED) is 0.753. The number of halogens is 2. The van der Waals surface area contributed by atoms with E-state index in [-0.39, 0.29) is 15.9 Å². The highest BCUT2D eigenvalue weighted by molar-refractivity contribution is 7.92. The molecule has 0 spiro atoms. The van der Waals surface area contributed by atoms with Gasteiger partial charge in [0, 0.05) is 0 Å². The average Bonchev–Trinajstić information content (AvgIpc) is 2.94. The predicted octanol–water partition coefficient (Wildman–Crippen LogP) is 2.92. The summed E-state index contributed by atoms with van der Waals surface area (Å²) in [5.41, 5.74) is 0.956. The van der Waals surface area contributed by atoms with Gasteiger partial charge in [0.2, 0.25) is 5.95 Å². The summed E-state index contributed by atoms with van der Waals surface area (Å²) < 4.78 is 41.8. The molecule has 6 nitrogen and oxygen atoms in total. The third-order valence-corrected chi connectivity index (χ3v) is 5.03. The van der Waals surface area contributed by atoms with Gasteiger partial charge in [-0.15, -0.1) is 10.2 Å². The molecule has 2 aromatic carbocycles. The molecule has 0 aliphatic carbocycles. The van der Waals surface area contributed by atoms with Gasteiger partial charge in [0.25, 0.3) is 10.0 Å². The van der Waals surface area contributed by atoms with Gasteiger partial charge in [-0.05, 0) is 23.8 Å². The van der Waals surface area contributed by atoms with Crippen molar-refractivity contribution in [2.24, 2.45) is 0 Å². The smallest absolute Gasteiger partial charge is 0.265 e. The van der Waals surface area contributed by atoms with Crippen LogP contribution in [0.2, 0.25) is 5.02 Å². The van der Waals surface area contributed by atoms with E-state index < -0.39 is 15.8 Å². The van der Waals surface area contributed by atoms with Crippen molar-refractivity contribution in [1.82, 2.24) is 14.8 Å². The van der Waals surface area contributed by atoms with Crippen LogP contribution < -0.4 is 4.72 Å². The van der Waals surface area contributed by atoms with E-state index in [1.165, 1.54) is 6.33 Å². The lowest BCUT2D eigenvalue weighted by molar-refractivity contribution is 0.598. The normalized spacial score (nSPS) is 11.4. The fourth-order valence-corrected chi connectivity index (χ4v) is 3.64. The highest BCUT2D eigenvalue weighted by atomic mass is 35.5. The number of hydrogen-bond donors (Lipinski definition) is 1. The highest BCUT2D eigenvalue weighted by Crippen LogP contribution is 2.24. The number of anilines is 1. The third-order valence-electron chi connectivity index (χ3n) is 3.22. The second kappa shape index (κ2) is 6.58. The SMILES string of the molecule is O=S(=O)(Nc1nncn1Cc1ccccc1)c1ccc(F)cc1Cl. The van der Waals surface area contributed by atoms with Crippen LogP contribution in [0.3, 0.4) is 0 Å². The molecule has 124 valence electrons. The van der Waals surface area contributed by atoms with E-state index in [9.17, 15) is 12.8 Å². The van der Waals surface area contributed by atoms with Crippen molar-refractivity contribution < 1.29 is 12.8 Å². The van der Waals surface area contributed by atoms with Gasteiger partial charge in [-0.25, -0.2) is 17.5 Å². The number of nitrogens with one attached hydrogen (secondary N) is 1. The minimum atomic E-state index is -4.02. The first-order chi connectivity index (χ1) is 11.5. The van der Waals surface area contributed by atoms with Crippen LogP contribution >= 0.6 is 11.6 Å².